The van der Waals surface area contributed by atoms with Crippen LogP contribution in [-0.4, -0.2) is 60.6 Å². The maximum atomic E-state index is 12.5. The first kappa shape index (κ1) is 21.5. The fourth-order valence-corrected chi connectivity index (χ4v) is 3.36. The van der Waals surface area contributed by atoms with E-state index < -0.39 is 11.8 Å². The zero-order valence-electron chi connectivity index (χ0n) is 16.9. The number of carbonyl (C=O) groups excluding carboxylic acids is 4. The van der Waals surface area contributed by atoms with Gasteiger partial charge in [-0.05, 0) is 31.9 Å². The minimum atomic E-state index is -0.778. The lowest BCUT2D eigenvalue weighted by molar-refractivity contribution is -0.137. The number of nitrogens with zero attached hydrogens (tertiary/aromatic N) is 2. The van der Waals surface area contributed by atoms with Crippen molar-refractivity contribution in [3.63, 3.8) is 0 Å². The predicted molar refractivity (Wildman–Crippen MR) is 109 cm³/mol. The van der Waals surface area contributed by atoms with Crippen molar-refractivity contribution in [1.82, 2.24) is 15.5 Å². The van der Waals surface area contributed by atoms with E-state index in [-0.39, 0.29) is 49.0 Å². The van der Waals surface area contributed by atoms with Gasteiger partial charge < -0.3 is 20.3 Å². The highest BCUT2D eigenvalue weighted by Gasteiger charge is 2.29. The zero-order chi connectivity index (χ0) is 21.5. The van der Waals surface area contributed by atoms with Crippen LogP contribution in [0.3, 0.4) is 0 Å². The number of nitrogens with one attached hydrogen (secondary N) is 2. The molecule has 9 heteroatoms. The van der Waals surface area contributed by atoms with Crippen molar-refractivity contribution in [2.75, 3.05) is 26.2 Å². The van der Waals surface area contributed by atoms with Crippen LogP contribution in [0.5, 0.6) is 5.75 Å². The van der Waals surface area contributed by atoms with Crippen molar-refractivity contribution in [3.8, 4) is 5.75 Å². The molecule has 0 bridgehead atoms. The van der Waals surface area contributed by atoms with Crippen molar-refractivity contribution in [2.45, 2.75) is 26.2 Å². The van der Waals surface area contributed by atoms with Crippen LogP contribution in [-0.2, 0) is 19.2 Å². The minimum absolute atomic E-state index is 0.0652. The van der Waals surface area contributed by atoms with Crippen molar-refractivity contribution in [3.05, 3.63) is 30.3 Å². The average molecular weight is 414 g/mol. The largest absolute Gasteiger partial charge is 0.484 e. The monoisotopic (exact) mass is 414 g/mol. The van der Waals surface area contributed by atoms with Crippen LogP contribution in [0.15, 0.2) is 35.3 Å². The van der Waals surface area contributed by atoms with Crippen molar-refractivity contribution in [2.24, 2.45) is 16.8 Å². The topological polar surface area (TPSA) is 117 Å². The summed E-state index contributed by atoms with van der Waals surface area (Å²) in [6.45, 7) is 2.63. The van der Waals surface area contributed by atoms with E-state index >= 15 is 0 Å². The fraction of sp³-hybridized carbons (Fsp3) is 0.476. The van der Waals surface area contributed by atoms with Gasteiger partial charge in [0.15, 0.2) is 6.61 Å². The summed E-state index contributed by atoms with van der Waals surface area (Å²) in [7, 11) is 0. The maximum absolute atomic E-state index is 12.5. The van der Waals surface area contributed by atoms with Gasteiger partial charge in [-0.3, -0.25) is 19.2 Å². The summed E-state index contributed by atoms with van der Waals surface area (Å²) in [4.78, 5) is 53.7. The molecule has 0 aromatic heterocycles. The molecule has 1 fully saturated rings. The highest BCUT2D eigenvalue weighted by Crippen LogP contribution is 2.17. The summed E-state index contributed by atoms with van der Waals surface area (Å²) < 4.78 is 5.51. The third-order valence-electron chi connectivity index (χ3n) is 5.19. The molecule has 1 aromatic carbocycles. The molecular weight excluding hydrogens is 388 g/mol. The predicted octanol–water partition coefficient (Wildman–Crippen LogP) is 0.501. The molecule has 30 heavy (non-hydrogen) atoms. The number of piperidine rings is 1. The lowest BCUT2D eigenvalue weighted by Gasteiger charge is -2.32. The standard InChI is InChI=1S/C21H26N4O5/c1-14-19(27)23-17(24-20(14)28)9-10-22-21(29)15-6-5-11-25(12-15)18(26)13-30-16-7-3-2-4-8-16/h2-4,7-8,14-15H,5-6,9-13H2,1H3,(H,22,29)(H,23,24,27,28). The Hall–Kier alpha value is -3.23. The summed E-state index contributed by atoms with van der Waals surface area (Å²) in [5, 5.41) is 5.38. The zero-order valence-corrected chi connectivity index (χ0v) is 16.9. The molecule has 0 radical (unpaired) electrons. The van der Waals surface area contributed by atoms with Gasteiger partial charge >= 0.3 is 0 Å². The Morgan fingerprint density at radius 3 is 2.77 bits per heavy atom. The summed E-state index contributed by atoms with van der Waals surface area (Å²) in [5.74, 6) is -1.34. The highest BCUT2D eigenvalue weighted by atomic mass is 16.5. The fourth-order valence-electron chi connectivity index (χ4n) is 3.36. The lowest BCUT2D eigenvalue weighted by Crippen LogP contribution is -2.47. The van der Waals surface area contributed by atoms with Crippen LogP contribution in [0.1, 0.15) is 26.2 Å². The van der Waals surface area contributed by atoms with E-state index in [9.17, 15) is 19.2 Å². The number of ether oxygens (including phenoxy) is 1. The van der Waals surface area contributed by atoms with Gasteiger partial charge in [-0.15, -0.1) is 0 Å². The molecule has 1 aromatic rings. The van der Waals surface area contributed by atoms with Gasteiger partial charge in [-0.1, -0.05) is 18.2 Å². The molecule has 0 spiro atoms. The molecule has 4 amide bonds. The molecule has 0 aliphatic carbocycles. The van der Waals surface area contributed by atoms with E-state index in [1.165, 1.54) is 6.92 Å². The van der Waals surface area contributed by atoms with E-state index in [1.54, 1.807) is 17.0 Å². The van der Waals surface area contributed by atoms with Gasteiger partial charge in [0.2, 0.25) is 11.8 Å². The van der Waals surface area contributed by atoms with Crippen molar-refractivity contribution >= 4 is 29.5 Å². The van der Waals surface area contributed by atoms with Crippen molar-refractivity contribution < 1.29 is 23.9 Å². The van der Waals surface area contributed by atoms with Gasteiger partial charge in [0.25, 0.3) is 11.8 Å². The SMILES string of the molecule is CC1C(=O)N=C(CCNC(=O)C2CCCN(C(=O)COc3ccccc3)C2)NC1=O. The summed E-state index contributed by atoms with van der Waals surface area (Å²) in [6, 6.07) is 9.11. The van der Waals surface area contributed by atoms with Gasteiger partial charge in [0.1, 0.15) is 17.5 Å². The van der Waals surface area contributed by atoms with Gasteiger partial charge in [0.05, 0.1) is 5.92 Å². The number of amides is 4. The summed E-state index contributed by atoms with van der Waals surface area (Å²) in [6.07, 6.45) is 1.70. The third-order valence-corrected chi connectivity index (χ3v) is 5.19. The quantitative estimate of drug-likeness (QED) is 0.630. The van der Waals surface area contributed by atoms with Crippen LogP contribution in [0, 0.1) is 11.8 Å². The average Bonchev–Trinajstić information content (AvgIpc) is 2.76. The molecule has 1 saturated heterocycles. The van der Waals surface area contributed by atoms with E-state index in [0.29, 0.717) is 25.3 Å². The Balaban J connectivity index is 1.42. The Morgan fingerprint density at radius 2 is 2.03 bits per heavy atom. The molecule has 160 valence electrons. The molecule has 0 saturated carbocycles. The number of hydrogen-bond donors (Lipinski definition) is 2. The molecule has 2 aliphatic heterocycles. The van der Waals surface area contributed by atoms with E-state index in [1.807, 2.05) is 18.2 Å². The van der Waals surface area contributed by atoms with Crippen LogP contribution < -0.4 is 15.4 Å². The second kappa shape index (κ2) is 10.00. The first-order valence-corrected chi connectivity index (χ1v) is 10.1. The van der Waals surface area contributed by atoms with Crippen LogP contribution >= 0.6 is 0 Å². The van der Waals surface area contributed by atoms with E-state index in [2.05, 4.69) is 15.6 Å². The number of hydrogen-bond acceptors (Lipinski definition) is 5. The first-order valence-electron chi connectivity index (χ1n) is 10.1. The molecular formula is C21H26N4O5. The molecule has 2 unspecified atom stereocenters. The number of aliphatic imine (C=N–C) groups is 1. The number of likely N-dealkylation sites (tertiary alicyclic amines) is 1. The Labute approximate surface area is 174 Å². The Morgan fingerprint density at radius 1 is 1.27 bits per heavy atom. The second-order valence-electron chi connectivity index (χ2n) is 7.43. The molecule has 2 atom stereocenters. The second-order valence-corrected chi connectivity index (χ2v) is 7.43. The van der Waals surface area contributed by atoms with Gasteiger partial charge in [-0.2, -0.15) is 4.99 Å². The van der Waals surface area contributed by atoms with E-state index in [4.69, 9.17) is 4.74 Å². The molecule has 2 heterocycles. The smallest absolute Gasteiger partial charge is 0.260 e. The summed E-state index contributed by atoms with van der Waals surface area (Å²) in [5.41, 5.74) is 0. The third kappa shape index (κ3) is 5.65. The van der Waals surface area contributed by atoms with E-state index in [0.717, 1.165) is 6.42 Å². The van der Waals surface area contributed by atoms with Crippen molar-refractivity contribution in [1.29, 1.82) is 0 Å². The summed E-state index contributed by atoms with van der Waals surface area (Å²) >= 11 is 0. The van der Waals surface area contributed by atoms with Crippen LogP contribution in [0.25, 0.3) is 0 Å². The normalized spacial score (nSPS) is 21.5. The number of amidine groups is 1. The molecule has 2 N–H and O–H groups in total. The Kier molecular flexibility index (Phi) is 7.16. The van der Waals surface area contributed by atoms with Crippen LogP contribution in [0.4, 0.5) is 0 Å². The number of benzene rings is 1. The number of rotatable bonds is 7. The molecule has 3 rings (SSSR count). The number of para-hydroxylation sites is 1. The van der Waals surface area contributed by atoms with Gasteiger partial charge in [-0.25, -0.2) is 0 Å². The Bertz CT molecular complexity index is 839. The molecule has 2 aliphatic rings. The highest BCUT2D eigenvalue weighted by molar-refractivity contribution is 6.15. The number of carbonyl (C=O) groups is 4. The maximum Gasteiger partial charge on any atom is 0.260 e. The van der Waals surface area contributed by atoms with Crippen LogP contribution in [0.2, 0.25) is 0 Å². The van der Waals surface area contributed by atoms with Gasteiger partial charge in [0, 0.05) is 26.1 Å². The molecule has 9 nitrogen and oxygen atoms in total. The lowest BCUT2D eigenvalue weighted by atomic mass is 9.97. The minimum Gasteiger partial charge on any atom is -0.484 e. The first-order chi connectivity index (χ1) is 14.4.